The summed E-state index contributed by atoms with van der Waals surface area (Å²) in [6.07, 6.45) is 2.86. The van der Waals surface area contributed by atoms with E-state index in [1.807, 2.05) is 0 Å². The monoisotopic (exact) mass is 269 g/mol. The average Bonchev–Trinajstić information content (AvgIpc) is 2.76. The molecule has 6 heteroatoms. The topological polar surface area (TPSA) is 64.9 Å². The molecule has 4 nitrogen and oxygen atoms in total. The summed E-state index contributed by atoms with van der Waals surface area (Å²) in [5.41, 5.74) is 6.37. The van der Waals surface area contributed by atoms with Crippen LogP contribution in [0.15, 0.2) is 28.8 Å². The highest BCUT2D eigenvalue weighted by atomic mass is 35.5. The van der Waals surface area contributed by atoms with Crippen molar-refractivity contribution in [3.63, 3.8) is 0 Å². The zero-order valence-corrected chi connectivity index (χ0v) is 10.4. The SMILES string of the molecule is Cl.NC1(c2noc(-c3ccc(F)cc3)n2)CCC1. The lowest BCUT2D eigenvalue weighted by Gasteiger charge is -2.34. The molecule has 0 radical (unpaired) electrons. The number of hydrogen-bond acceptors (Lipinski definition) is 4. The maximum atomic E-state index is 12.8. The summed E-state index contributed by atoms with van der Waals surface area (Å²) in [6.45, 7) is 0. The van der Waals surface area contributed by atoms with E-state index in [0.717, 1.165) is 19.3 Å². The molecule has 2 aromatic rings. The molecule has 2 N–H and O–H groups in total. The molecule has 18 heavy (non-hydrogen) atoms. The fourth-order valence-corrected chi connectivity index (χ4v) is 1.92. The Hall–Kier alpha value is -1.46. The number of nitrogens with two attached hydrogens (primary N) is 1. The van der Waals surface area contributed by atoms with Crippen LogP contribution in [0.25, 0.3) is 11.5 Å². The summed E-state index contributed by atoms with van der Waals surface area (Å²) in [5, 5.41) is 3.90. The van der Waals surface area contributed by atoms with E-state index in [1.54, 1.807) is 12.1 Å². The molecule has 1 saturated carbocycles. The maximum absolute atomic E-state index is 12.8. The van der Waals surface area contributed by atoms with Gasteiger partial charge in [0.05, 0.1) is 5.54 Å². The van der Waals surface area contributed by atoms with Crippen molar-refractivity contribution in [1.82, 2.24) is 10.1 Å². The summed E-state index contributed by atoms with van der Waals surface area (Å²) >= 11 is 0. The second-order valence-corrected chi connectivity index (χ2v) is 4.44. The largest absolute Gasteiger partial charge is 0.334 e. The van der Waals surface area contributed by atoms with Crippen LogP contribution in [0.4, 0.5) is 4.39 Å². The Kier molecular flexibility index (Phi) is 3.36. The van der Waals surface area contributed by atoms with E-state index in [9.17, 15) is 4.39 Å². The van der Waals surface area contributed by atoms with Gasteiger partial charge in [0.25, 0.3) is 5.89 Å². The third-order valence-corrected chi connectivity index (χ3v) is 3.21. The standard InChI is InChI=1S/C12H12FN3O.ClH/c13-9-4-2-8(3-5-9)10-15-11(16-17-10)12(14)6-1-7-12;/h2-5H,1,6-7,14H2;1H. The first-order valence-corrected chi connectivity index (χ1v) is 5.56. The van der Waals surface area contributed by atoms with Crippen molar-refractivity contribution in [3.05, 3.63) is 35.9 Å². The zero-order chi connectivity index (χ0) is 11.9. The van der Waals surface area contributed by atoms with Crippen LogP contribution in [-0.4, -0.2) is 10.1 Å². The highest BCUT2D eigenvalue weighted by Crippen LogP contribution is 2.37. The van der Waals surface area contributed by atoms with E-state index >= 15 is 0 Å². The number of benzene rings is 1. The van der Waals surface area contributed by atoms with Gasteiger partial charge >= 0.3 is 0 Å². The molecular weight excluding hydrogens is 257 g/mol. The van der Waals surface area contributed by atoms with E-state index in [0.29, 0.717) is 17.3 Å². The second-order valence-electron chi connectivity index (χ2n) is 4.44. The quantitative estimate of drug-likeness (QED) is 0.910. The van der Waals surface area contributed by atoms with Gasteiger partial charge in [-0.15, -0.1) is 12.4 Å². The zero-order valence-electron chi connectivity index (χ0n) is 9.60. The molecule has 0 atom stereocenters. The Bertz CT molecular complexity index is 537. The lowest BCUT2D eigenvalue weighted by Crippen LogP contribution is -2.44. The minimum atomic E-state index is -0.429. The second kappa shape index (κ2) is 4.66. The first-order valence-electron chi connectivity index (χ1n) is 5.56. The van der Waals surface area contributed by atoms with Gasteiger partial charge in [-0.25, -0.2) is 4.39 Å². The summed E-state index contributed by atoms with van der Waals surface area (Å²) in [4.78, 5) is 4.28. The minimum Gasteiger partial charge on any atom is -0.334 e. The van der Waals surface area contributed by atoms with Crippen molar-refractivity contribution in [2.24, 2.45) is 5.73 Å². The lowest BCUT2D eigenvalue weighted by atomic mass is 9.77. The summed E-state index contributed by atoms with van der Waals surface area (Å²) in [5.74, 6) is 0.641. The van der Waals surface area contributed by atoms with Crippen LogP contribution >= 0.6 is 12.4 Å². The lowest BCUT2D eigenvalue weighted by molar-refractivity contribution is 0.229. The van der Waals surface area contributed by atoms with Crippen molar-refractivity contribution >= 4 is 12.4 Å². The molecule has 0 aliphatic heterocycles. The molecule has 0 spiro atoms. The number of hydrogen-bond donors (Lipinski definition) is 1. The highest BCUT2D eigenvalue weighted by Gasteiger charge is 2.39. The molecule has 1 fully saturated rings. The predicted molar refractivity (Wildman–Crippen MR) is 66.7 cm³/mol. The van der Waals surface area contributed by atoms with Crippen molar-refractivity contribution in [2.45, 2.75) is 24.8 Å². The van der Waals surface area contributed by atoms with Gasteiger partial charge in [0.15, 0.2) is 5.82 Å². The molecule has 96 valence electrons. The van der Waals surface area contributed by atoms with E-state index in [1.165, 1.54) is 12.1 Å². The van der Waals surface area contributed by atoms with Crippen molar-refractivity contribution in [2.75, 3.05) is 0 Å². The molecule has 3 rings (SSSR count). The van der Waals surface area contributed by atoms with E-state index in [2.05, 4.69) is 10.1 Å². The third-order valence-electron chi connectivity index (χ3n) is 3.21. The first-order chi connectivity index (χ1) is 8.17. The van der Waals surface area contributed by atoms with Crippen LogP contribution in [0.1, 0.15) is 25.1 Å². The molecule has 0 unspecified atom stereocenters. The Morgan fingerprint density at radius 1 is 1.22 bits per heavy atom. The van der Waals surface area contributed by atoms with Gasteiger partial charge < -0.3 is 10.3 Å². The van der Waals surface area contributed by atoms with Gasteiger partial charge in [-0.05, 0) is 43.5 Å². The maximum Gasteiger partial charge on any atom is 0.257 e. The van der Waals surface area contributed by atoms with Crippen LogP contribution in [0.2, 0.25) is 0 Å². The number of aromatic nitrogens is 2. The van der Waals surface area contributed by atoms with Gasteiger partial charge in [-0.1, -0.05) is 5.16 Å². The van der Waals surface area contributed by atoms with Gasteiger partial charge in [-0.3, -0.25) is 0 Å². The fourth-order valence-electron chi connectivity index (χ4n) is 1.92. The van der Waals surface area contributed by atoms with Crippen LogP contribution in [0.3, 0.4) is 0 Å². The van der Waals surface area contributed by atoms with Crippen molar-refractivity contribution in [1.29, 1.82) is 0 Å². The molecule has 1 aliphatic carbocycles. The van der Waals surface area contributed by atoms with Gasteiger partial charge in [0.1, 0.15) is 5.82 Å². The van der Waals surface area contributed by atoms with Gasteiger partial charge in [0, 0.05) is 5.56 Å². The number of rotatable bonds is 2. The van der Waals surface area contributed by atoms with Crippen LogP contribution in [-0.2, 0) is 5.54 Å². The summed E-state index contributed by atoms with van der Waals surface area (Å²) in [6, 6.07) is 5.94. The number of halogens is 2. The molecule has 0 bridgehead atoms. The fraction of sp³-hybridized carbons (Fsp3) is 0.333. The number of nitrogens with zero attached hydrogens (tertiary/aromatic N) is 2. The first kappa shape index (κ1) is 13.0. The normalized spacial score (nSPS) is 16.8. The van der Waals surface area contributed by atoms with Gasteiger partial charge in [-0.2, -0.15) is 4.98 Å². The molecule has 1 aromatic carbocycles. The van der Waals surface area contributed by atoms with Gasteiger partial charge in [0.2, 0.25) is 0 Å². The minimum absolute atomic E-state index is 0. The molecule has 1 aromatic heterocycles. The summed E-state index contributed by atoms with van der Waals surface area (Å²) in [7, 11) is 0. The Balaban J connectivity index is 0.00000120. The molecule has 1 heterocycles. The molecule has 0 amide bonds. The Morgan fingerprint density at radius 3 is 2.44 bits per heavy atom. The highest BCUT2D eigenvalue weighted by molar-refractivity contribution is 5.85. The van der Waals surface area contributed by atoms with E-state index in [-0.39, 0.29) is 18.2 Å². The predicted octanol–water partition coefficient (Wildman–Crippen LogP) is 2.64. The molecular formula is C12H13ClFN3O. The molecule has 1 aliphatic rings. The van der Waals surface area contributed by atoms with E-state index < -0.39 is 5.54 Å². The van der Waals surface area contributed by atoms with Crippen molar-refractivity contribution in [3.8, 4) is 11.5 Å². The molecule has 0 saturated heterocycles. The van der Waals surface area contributed by atoms with Crippen LogP contribution in [0.5, 0.6) is 0 Å². The van der Waals surface area contributed by atoms with Crippen LogP contribution < -0.4 is 5.73 Å². The van der Waals surface area contributed by atoms with E-state index in [4.69, 9.17) is 10.3 Å². The van der Waals surface area contributed by atoms with Crippen molar-refractivity contribution < 1.29 is 8.91 Å². The summed E-state index contributed by atoms with van der Waals surface area (Å²) < 4.78 is 17.9. The van der Waals surface area contributed by atoms with Crippen LogP contribution in [0, 0.1) is 5.82 Å². The Morgan fingerprint density at radius 2 is 1.89 bits per heavy atom. The third kappa shape index (κ3) is 2.11. The Labute approximate surface area is 110 Å². The average molecular weight is 270 g/mol. The smallest absolute Gasteiger partial charge is 0.257 e.